The molecule has 0 unspecified atom stereocenters. The van der Waals surface area contributed by atoms with Crippen LogP contribution in [0.4, 0.5) is 0 Å². The molecule has 0 spiro atoms. The normalized spacial score (nSPS) is 14.6. The Labute approximate surface area is 194 Å². The van der Waals surface area contributed by atoms with Gasteiger partial charge in [-0.3, -0.25) is 9.98 Å². The Morgan fingerprint density at radius 3 is 1.48 bits per heavy atom. The van der Waals surface area contributed by atoms with Crippen molar-refractivity contribution in [3.8, 4) is 22.6 Å². The molecular weight excluding hydrogens is 431 g/mol. The molecule has 2 aliphatic heterocycles. The van der Waals surface area contributed by atoms with Crippen LogP contribution in [0.25, 0.3) is 22.6 Å². The lowest BCUT2D eigenvalue weighted by molar-refractivity contribution is 0.594. The van der Waals surface area contributed by atoms with E-state index in [1.165, 1.54) is 11.1 Å². The third kappa shape index (κ3) is 4.34. The fraction of sp³-hybridized carbons (Fsp3) is 0.250. The van der Waals surface area contributed by atoms with Gasteiger partial charge in [0.2, 0.25) is 0 Å². The third-order valence-electron chi connectivity index (χ3n) is 5.59. The molecule has 1 aromatic heterocycles. The SMILES string of the molecule is Cc1c(-c2cccc(C3=NCCN3)c2)oc(-c2cccc(C3=NCCN3)c2)c1C.Cl.Cl. The maximum absolute atomic E-state index is 6.43. The zero-order valence-corrected chi connectivity index (χ0v) is 19.2. The molecular formula is C24H26Cl2N4O. The van der Waals surface area contributed by atoms with E-state index in [-0.39, 0.29) is 24.8 Å². The van der Waals surface area contributed by atoms with Gasteiger partial charge in [-0.2, -0.15) is 0 Å². The lowest BCUT2D eigenvalue weighted by atomic mass is 10.0. The summed E-state index contributed by atoms with van der Waals surface area (Å²) >= 11 is 0. The van der Waals surface area contributed by atoms with Crippen LogP contribution in [0.2, 0.25) is 0 Å². The van der Waals surface area contributed by atoms with Crippen molar-refractivity contribution in [3.05, 3.63) is 70.8 Å². The van der Waals surface area contributed by atoms with Gasteiger partial charge in [0.05, 0.1) is 13.1 Å². The first-order chi connectivity index (χ1) is 14.2. The second kappa shape index (κ2) is 9.58. The highest BCUT2D eigenvalue weighted by Gasteiger charge is 2.19. The molecule has 7 heteroatoms. The number of hydrogen-bond acceptors (Lipinski definition) is 5. The number of furan rings is 1. The van der Waals surface area contributed by atoms with Crippen molar-refractivity contribution in [2.24, 2.45) is 9.98 Å². The Balaban J connectivity index is 0.00000136. The van der Waals surface area contributed by atoms with E-state index in [9.17, 15) is 0 Å². The summed E-state index contributed by atoms with van der Waals surface area (Å²) in [5.41, 5.74) is 6.68. The van der Waals surface area contributed by atoms with E-state index < -0.39 is 0 Å². The molecule has 5 rings (SSSR count). The number of nitrogens with zero attached hydrogens (tertiary/aromatic N) is 2. The minimum absolute atomic E-state index is 0. The summed E-state index contributed by atoms with van der Waals surface area (Å²) in [6.07, 6.45) is 0. The molecule has 31 heavy (non-hydrogen) atoms. The van der Waals surface area contributed by atoms with Crippen LogP contribution >= 0.6 is 24.8 Å². The molecule has 0 saturated heterocycles. The van der Waals surface area contributed by atoms with Crippen molar-refractivity contribution in [2.45, 2.75) is 13.8 Å². The molecule has 0 aliphatic carbocycles. The van der Waals surface area contributed by atoms with Crippen molar-refractivity contribution < 1.29 is 4.42 Å². The van der Waals surface area contributed by atoms with Gasteiger partial charge >= 0.3 is 0 Å². The van der Waals surface area contributed by atoms with Gasteiger partial charge in [0.25, 0.3) is 0 Å². The van der Waals surface area contributed by atoms with Crippen molar-refractivity contribution in [1.29, 1.82) is 0 Å². The first-order valence-electron chi connectivity index (χ1n) is 10.1. The van der Waals surface area contributed by atoms with Gasteiger partial charge in [-0.1, -0.05) is 36.4 Å². The van der Waals surface area contributed by atoms with E-state index >= 15 is 0 Å². The van der Waals surface area contributed by atoms with Crippen LogP contribution in [0.15, 0.2) is 62.9 Å². The molecule has 2 aliphatic rings. The van der Waals surface area contributed by atoms with Crippen LogP contribution in [0.5, 0.6) is 0 Å². The van der Waals surface area contributed by atoms with Gasteiger partial charge in [0, 0.05) is 35.3 Å². The van der Waals surface area contributed by atoms with Gasteiger partial charge in [-0.25, -0.2) is 0 Å². The van der Waals surface area contributed by atoms with Crippen LogP contribution in [-0.2, 0) is 0 Å². The summed E-state index contributed by atoms with van der Waals surface area (Å²) in [4.78, 5) is 9.08. The van der Waals surface area contributed by atoms with Crippen LogP contribution in [0.3, 0.4) is 0 Å². The summed E-state index contributed by atoms with van der Waals surface area (Å²) in [7, 11) is 0. The monoisotopic (exact) mass is 456 g/mol. The number of halogens is 2. The maximum atomic E-state index is 6.43. The zero-order valence-electron chi connectivity index (χ0n) is 17.6. The van der Waals surface area contributed by atoms with E-state index in [1.807, 2.05) is 0 Å². The molecule has 0 amide bonds. The maximum Gasteiger partial charge on any atom is 0.138 e. The summed E-state index contributed by atoms with van der Waals surface area (Å²) in [6.45, 7) is 7.72. The number of nitrogens with one attached hydrogen (secondary N) is 2. The molecule has 3 heterocycles. The third-order valence-corrected chi connectivity index (χ3v) is 5.59. The molecule has 3 aromatic rings. The predicted octanol–water partition coefficient (Wildman–Crippen LogP) is 4.77. The topological polar surface area (TPSA) is 61.9 Å². The van der Waals surface area contributed by atoms with E-state index in [0.29, 0.717) is 0 Å². The fourth-order valence-electron chi connectivity index (χ4n) is 3.94. The van der Waals surface area contributed by atoms with Gasteiger partial charge < -0.3 is 15.1 Å². The number of rotatable bonds is 4. The van der Waals surface area contributed by atoms with Crippen molar-refractivity contribution in [2.75, 3.05) is 26.2 Å². The Bertz CT molecular complexity index is 1060. The molecule has 2 aromatic carbocycles. The second-order valence-electron chi connectivity index (χ2n) is 7.49. The highest BCUT2D eigenvalue weighted by Crippen LogP contribution is 2.37. The number of benzene rings is 2. The van der Waals surface area contributed by atoms with Crippen LogP contribution in [-0.4, -0.2) is 37.9 Å². The molecule has 5 nitrogen and oxygen atoms in total. The lowest BCUT2D eigenvalue weighted by Gasteiger charge is -2.06. The number of amidine groups is 2. The summed E-state index contributed by atoms with van der Waals surface area (Å²) in [5, 5.41) is 6.69. The molecule has 2 N–H and O–H groups in total. The lowest BCUT2D eigenvalue weighted by Crippen LogP contribution is -2.19. The quantitative estimate of drug-likeness (QED) is 0.593. The van der Waals surface area contributed by atoms with Crippen molar-refractivity contribution in [1.82, 2.24) is 10.6 Å². The van der Waals surface area contributed by atoms with E-state index in [1.54, 1.807) is 0 Å². The zero-order chi connectivity index (χ0) is 19.8. The van der Waals surface area contributed by atoms with Gasteiger partial charge in [0.15, 0.2) is 0 Å². The number of aliphatic imine (C=N–C) groups is 2. The minimum Gasteiger partial charge on any atom is -0.456 e. The van der Waals surface area contributed by atoms with Crippen molar-refractivity contribution >= 4 is 36.5 Å². The largest absolute Gasteiger partial charge is 0.456 e. The van der Waals surface area contributed by atoms with E-state index in [2.05, 4.69) is 83.0 Å². The van der Waals surface area contributed by atoms with E-state index in [4.69, 9.17) is 4.42 Å². The molecule has 0 atom stereocenters. The highest BCUT2D eigenvalue weighted by molar-refractivity contribution is 6.01. The number of hydrogen-bond donors (Lipinski definition) is 2. The van der Waals surface area contributed by atoms with Gasteiger partial charge in [0.1, 0.15) is 23.2 Å². The van der Waals surface area contributed by atoms with Crippen molar-refractivity contribution in [3.63, 3.8) is 0 Å². The Hall–Kier alpha value is -2.76. The highest BCUT2D eigenvalue weighted by atomic mass is 35.5. The summed E-state index contributed by atoms with van der Waals surface area (Å²) in [6, 6.07) is 16.8. The average Bonchev–Trinajstić information content (AvgIpc) is 3.52. The average molecular weight is 457 g/mol. The van der Waals surface area contributed by atoms with Crippen LogP contribution < -0.4 is 10.6 Å². The molecule has 162 valence electrons. The standard InChI is InChI=1S/C24H24N4O.2ClH/c1-15-16(2)22(18-6-4-8-20(14-18)24-27-11-12-28-24)29-21(15)17-5-3-7-19(13-17)23-25-9-10-26-23;;/h3-8,13-14H,9-12H2,1-2H3,(H,25,26)(H,27,28);2*1H. The first-order valence-corrected chi connectivity index (χ1v) is 10.1. The van der Waals surface area contributed by atoms with E-state index in [0.717, 1.165) is 71.6 Å². The summed E-state index contributed by atoms with van der Waals surface area (Å²) in [5.74, 6) is 3.76. The van der Waals surface area contributed by atoms with Crippen LogP contribution in [0.1, 0.15) is 22.3 Å². The fourth-order valence-corrected chi connectivity index (χ4v) is 3.94. The second-order valence-corrected chi connectivity index (χ2v) is 7.49. The predicted molar refractivity (Wildman–Crippen MR) is 132 cm³/mol. The molecule has 0 bridgehead atoms. The Kier molecular flexibility index (Phi) is 7.08. The molecule has 0 saturated carbocycles. The minimum atomic E-state index is 0. The Morgan fingerprint density at radius 2 is 1.10 bits per heavy atom. The van der Waals surface area contributed by atoms with Gasteiger partial charge in [-0.15, -0.1) is 24.8 Å². The van der Waals surface area contributed by atoms with Crippen LogP contribution in [0, 0.1) is 13.8 Å². The molecule has 0 radical (unpaired) electrons. The Morgan fingerprint density at radius 1 is 0.677 bits per heavy atom. The summed E-state index contributed by atoms with van der Waals surface area (Å²) < 4.78 is 6.43. The smallest absolute Gasteiger partial charge is 0.138 e. The van der Waals surface area contributed by atoms with Gasteiger partial charge in [-0.05, 0) is 37.1 Å². The molecule has 0 fully saturated rings. The first kappa shape index (κ1) is 22.9.